The van der Waals surface area contributed by atoms with Gasteiger partial charge in [0.05, 0.1) is 12.2 Å². The Bertz CT molecular complexity index is 708. The van der Waals surface area contributed by atoms with Crippen LogP contribution in [0.2, 0.25) is 0 Å². The molecule has 0 fully saturated rings. The van der Waals surface area contributed by atoms with Gasteiger partial charge < -0.3 is 4.74 Å². The second-order valence-corrected chi connectivity index (χ2v) is 6.45. The SMILES string of the molecule is CCCOC(=O)c1cnccc1SCCC(F)(F)c1ccc(F)cc1. The number of nitrogens with zero attached hydrogens (tertiary/aromatic N) is 1. The monoisotopic (exact) mass is 369 g/mol. The first-order valence-corrected chi connectivity index (χ1v) is 8.80. The Labute approximate surface area is 148 Å². The standard InChI is InChI=1S/C18H18F3NO2S/c1-2-10-24-17(23)15-12-22-9-7-16(15)25-11-8-18(20,21)13-3-5-14(19)6-4-13/h3-7,9,12H,2,8,10-11H2,1H3. The number of alkyl halides is 2. The van der Waals surface area contributed by atoms with E-state index in [0.29, 0.717) is 17.9 Å². The molecule has 1 aromatic carbocycles. The highest BCUT2D eigenvalue weighted by Gasteiger charge is 2.31. The molecule has 134 valence electrons. The number of rotatable bonds is 8. The van der Waals surface area contributed by atoms with Crippen molar-refractivity contribution in [2.45, 2.75) is 30.6 Å². The van der Waals surface area contributed by atoms with E-state index >= 15 is 0 Å². The zero-order chi connectivity index (χ0) is 18.3. The van der Waals surface area contributed by atoms with Crippen molar-refractivity contribution in [1.29, 1.82) is 0 Å². The summed E-state index contributed by atoms with van der Waals surface area (Å²) in [6.07, 6.45) is 3.13. The zero-order valence-electron chi connectivity index (χ0n) is 13.7. The van der Waals surface area contributed by atoms with Crippen LogP contribution in [0.5, 0.6) is 0 Å². The minimum Gasteiger partial charge on any atom is -0.462 e. The molecular weight excluding hydrogens is 351 g/mol. The maximum atomic E-state index is 14.2. The summed E-state index contributed by atoms with van der Waals surface area (Å²) in [6, 6.07) is 5.80. The van der Waals surface area contributed by atoms with Crippen molar-refractivity contribution < 1.29 is 22.7 Å². The lowest BCUT2D eigenvalue weighted by Gasteiger charge is -2.16. The fraction of sp³-hybridized carbons (Fsp3) is 0.333. The molecule has 0 radical (unpaired) electrons. The summed E-state index contributed by atoms with van der Waals surface area (Å²) in [5, 5.41) is 0. The molecule has 0 unspecified atom stereocenters. The lowest BCUT2D eigenvalue weighted by atomic mass is 10.1. The molecule has 7 heteroatoms. The second kappa shape index (κ2) is 8.89. The number of benzene rings is 1. The van der Waals surface area contributed by atoms with Crippen molar-refractivity contribution in [3.05, 3.63) is 59.7 Å². The Morgan fingerprint density at radius 2 is 1.96 bits per heavy atom. The van der Waals surface area contributed by atoms with Gasteiger partial charge in [-0.15, -0.1) is 11.8 Å². The van der Waals surface area contributed by atoms with E-state index in [-0.39, 0.29) is 16.9 Å². The molecule has 0 aliphatic heterocycles. The first-order valence-electron chi connectivity index (χ1n) is 7.82. The molecule has 1 heterocycles. The van der Waals surface area contributed by atoms with Crippen LogP contribution >= 0.6 is 11.8 Å². The zero-order valence-corrected chi connectivity index (χ0v) is 14.5. The van der Waals surface area contributed by atoms with E-state index in [1.807, 2.05) is 6.92 Å². The van der Waals surface area contributed by atoms with Crippen molar-refractivity contribution in [2.75, 3.05) is 12.4 Å². The van der Waals surface area contributed by atoms with Crippen LogP contribution in [0, 0.1) is 5.82 Å². The van der Waals surface area contributed by atoms with E-state index in [2.05, 4.69) is 4.98 Å². The first-order chi connectivity index (χ1) is 11.9. The van der Waals surface area contributed by atoms with E-state index in [1.165, 1.54) is 12.4 Å². The third-order valence-corrected chi connectivity index (χ3v) is 4.45. The van der Waals surface area contributed by atoms with Gasteiger partial charge in [0.15, 0.2) is 0 Å². The average Bonchev–Trinajstić information content (AvgIpc) is 2.60. The quantitative estimate of drug-likeness (QED) is 0.481. The lowest BCUT2D eigenvalue weighted by molar-refractivity contribution is -0.00706. The molecule has 0 atom stereocenters. The molecule has 0 aliphatic rings. The number of halogens is 3. The minimum atomic E-state index is -3.07. The molecule has 0 aliphatic carbocycles. The lowest BCUT2D eigenvalue weighted by Crippen LogP contribution is -2.14. The molecule has 3 nitrogen and oxygen atoms in total. The summed E-state index contributed by atoms with van der Waals surface area (Å²) in [6.45, 7) is 2.17. The number of hydrogen-bond acceptors (Lipinski definition) is 4. The molecule has 2 aromatic rings. The van der Waals surface area contributed by atoms with Crippen LogP contribution in [0.4, 0.5) is 13.2 Å². The number of esters is 1. The number of pyridine rings is 1. The third kappa shape index (κ3) is 5.49. The van der Waals surface area contributed by atoms with Gasteiger partial charge in [0.2, 0.25) is 0 Å². The van der Waals surface area contributed by atoms with Crippen molar-refractivity contribution in [3.8, 4) is 0 Å². The average molecular weight is 369 g/mol. The van der Waals surface area contributed by atoms with Crippen LogP contribution in [0.3, 0.4) is 0 Å². The number of carbonyl (C=O) groups is 1. The maximum absolute atomic E-state index is 14.2. The Hall–Kier alpha value is -2.02. The van der Waals surface area contributed by atoms with Crippen LogP contribution in [0.1, 0.15) is 35.7 Å². The molecule has 0 saturated heterocycles. The van der Waals surface area contributed by atoms with Gasteiger partial charge in [0.25, 0.3) is 5.92 Å². The van der Waals surface area contributed by atoms with Crippen molar-refractivity contribution >= 4 is 17.7 Å². The minimum absolute atomic E-state index is 0.0858. The van der Waals surface area contributed by atoms with Crippen molar-refractivity contribution in [2.24, 2.45) is 0 Å². The Morgan fingerprint density at radius 1 is 1.24 bits per heavy atom. The molecular formula is C18H18F3NO2S. The molecule has 25 heavy (non-hydrogen) atoms. The maximum Gasteiger partial charge on any atom is 0.340 e. The third-order valence-electron chi connectivity index (χ3n) is 3.38. The van der Waals surface area contributed by atoms with Crippen molar-refractivity contribution in [3.63, 3.8) is 0 Å². The summed E-state index contributed by atoms with van der Waals surface area (Å²) in [5.74, 6) is -4.05. The Morgan fingerprint density at radius 3 is 2.64 bits per heavy atom. The van der Waals surface area contributed by atoms with Crippen LogP contribution < -0.4 is 0 Å². The molecule has 0 N–H and O–H groups in total. The summed E-state index contributed by atoms with van der Waals surface area (Å²) >= 11 is 1.14. The number of aromatic nitrogens is 1. The number of carbonyl (C=O) groups excluding carboxylic acids is 1. The van der Waals surface area contributed by atoms with Gasteiger partial charge in [-0.05, 0) is 24.6 Å². The highest BCUT2D eigenvalue weighted by Crippen LogP contribution is 2.34. The highest BCUT2D eigenvalue weighted by atomic mass is 32.2. The molecule has 0 amide bonds. The van der Waals surface area contributed by atoms with Crippen molar-refractivity contribution in [1.82, 2.24) is 4.98 Å². The summed E-state index contributed by atoms with van der Waals surface area (Å²) in [7, 11) is 0. The van der Waals surface area contributed by atoms with E-state index in [1.54, 1.807) is 6.07 Å². The highest BCUT2D eigenvalue weighted by molar-refractivity contribution is 7.99. The van der Waals surface area contributed by atoms with Gasteiger partial charge in [-0.1, -0.05) is 19.1 Å². The van der Waals surface area contributed by atoms with Crippen LogP contribution in [-0.4, -0.2) is 23.3 Å². The Balaban J connectivity index is 1.99. The van der Waals surface area contributed by atoms with E-state index in [9.17, 15) is 18.0 Å². The van der Waals surface area contributed by atoms with Crippen LogP contribution in [0.15, 0.2) is 47.6 Å². The van der Waals surface area contributed by atoms with Crippen LogP contribution in [0.25, 0.3) is 0 Å². The Kier molecular flexibility index (Phi) is 6.87. The topological polar surface area (TPSA) is 39.2 Å². The van der Waals surface area contributed by atoms with E-state index in [0.717, 1.165) is 36.0 Å². The normalized spacial score (nSPS) is 11.4. The van der Waals surface area contributed by atoms with Gasteiger partial charge in [-0.25, -0.2) is 18.0 Å². The summed E-state index contributed by atoms with van der Waals surface area (Å²) in [5.41, 5.74) is 0.0397. The predicted octanol–water partition coefficient (Wildman–Crippen LogP) is 5.06. The number of hydrogen-bond donors (Lipinski definition) is 0. The molecule has 0 saturated carbocycles. The molecule has 1 aromatic heterocycles. The van der Waals surface area contributed by atoms with E-state index in [4.69, 9.17) is 4.74 Å². The fourth-order valence-electron chi connectivity index (χ4n) is 2.06. The van der Waals surface area contributed by atoms with Gasteiger partial charge in [0.1, 0.15) is 5.82 Å². The van der Waals surface area contributed by atoms with Gasteiger partial charge >= 0.3 is 5.97 Å². The molecule has 0 spiro atoms. The number of ether oxygens (including phenoxy) is 1. The largest absolute Gasteiger partial charge is 0.462 e. The smallest absolute Gasteiger partial charge is 0.340 e. The van der Waals surface area contributed by atoms with Gasteiger partial charge in [-0.3, -0.25) is 4.98 Å². The summed E-state index contributed by atoms with van der Waals surface area (Å²) < 4.78 is 46.3. The van der Waals surface area contributed by atoms with Gasteiger partial charge in [-0.2, -0.15) is 0 Å². The first kappa shape index (κ1) is 19.3. The van der Waals surface area contributed by atoms with E-state index < -0.39 is 24.1 Å². The molecule has 0 bridgehead atoms. The second-order valence-electron chi connectivity index (χ2n) is 5.32. The van der Waals surface area contributed by atoms with Gasteiger partial charge in [0, 0.05) is 35.0 Å². The van der Waals surface area contributed by atoms with Crippen LogP contribution in [-0.2, 0) is 10.7 Å². The predicted molar refractivity (Wildman–Crippen MR) is 90.4 cm³/mol. The number of thioether (sulfide) groups is 1. The molecule has 2 rings (SSSR count). The summed E-state index contributed by atoms with van der Waals surface area (Å²) in [4.78, 5) is 16.4. The fourth-order valence-corrected chi connectivity index (χ4v) is 3.09.